The Hall–Kier alpha value is -6.68. The van der Waals surface area contributed by atoms with Crippen LogP contribution < -0.4 is 0 Å². The summed E-state index contributed by atoms with van der Waals surface area (Å²) in [5.41, 5.74) is 14.2. The smallest absolute Gasteiger partial charge is 0.0547 e. The third-order valence-electron chi connectivity index (χ3n) is 11.1. The molecule has 0 N–H and O–H groups in total. The molecule has 9 aromatic carbocycles. The number of para-hydroxylation sites is 3. The maximum absolute atomic E-state index is 3.74. The Morgan fingerprint density at radius 1 is 0.273 bits per heavy atom. The molecule has 0 saturated carbocycles. The van der Waals surface area contributed by atoms with Gasteiger partial charge >= 0.3 is 0 Å². The van der Waals surface area contributed by atoms with Gasteiger partial charge in [-0.3, -0.25) is 0 Å². The molecule has 55 heavy (non-hydrogen) atoms. The molecule has 3 heteroatoms. The van der Waals surface area contributed by atoms with Crippen LogP contribution in [-0.2, 0) is 0 Å². The largest absolute Gasteiger partial charge is 0.309 e. The van der Waals surface area contributed by atoms with Crippen LogP contribution in [0.4, 0.5) is 0 Å². The number of fused-ring (bicyclic) bond motifs is 7. The summed E-state index contributed by atoms with van der Waals surface area (Å²) in [4.78, 5) is 0. The van der Waals surface area contributed by atoms with Crippen LogP contribution >= 0.6 is 15.9 Å². The Morgan fingerprint density at radius 2 is 0.836 bits per heavy atom. The molecule has 0 aliphatic rings. The first-order valence-electron chi connectivity index (χ1n) is 18.7. The van der Waals surface area contributed by atoms with Gasteiger partial charge in [-0.1, -0.05) is 131 Å². The van der Waals surface area contributed by atoms with Crippen molar-refractivity contribution in [1.29, 1.82) is 0 Å². The molecule has 0 aliphatic heterocycles. The van der Waals surface area contributed by atoms with Crippen molar-refractivity contribution < 1.29 is 0 Å². The van der Waals surface area contributed by atoms with Gasteiger partial charge in [-0.25, -0.2) is 0 Å². The summed E-state index contributed by atoms with van der Waals surface area (Å²) in [6.45, 7) is 0. The maximum atomic E-state index is 3.74. The molecule has 0 aliphatic carbocycles. The van der Waals surface area contributed by atoms with Crippen molar-refractivity contribution in [2.75, 3.05) is 0 Å². The highest BCUT2D eigenvalue weighted by Crippen LogP contribution is 2.40. The molecule has 0 saturated heterocycles. The molecule has 258 valence electrons. The summed E-state index contributed by atoms with van der Waals surface area (Å²) in [7, 11) is 0. The van der Waals surface area contributed by atoms with Gasteiger partial charge in [-0.2, -0.15) is 0 Å². The summed E-state index contributed by atoms with van der Waals surface area (Å²) in [5, 5.41) is 7.47. The summed E-state index contributed by atoms with van der Waals surface area (Å²) in [6, 6.07) is 73.1. The summed E-state index contributed by atoms with van der Waals surface area (Å²) in [5.74, 6) is 0. The molecule has 11 rings (SSSR count). The Labute approximate surface area is 327 Å². The summed E-state index contributed by atoms with van der Waals surface area (Å²) >= 11 is 3.74. The molecule has 0 amide bonds. The molecule has 0 radical (unpaired) electrons. The van der Waals surface area contributed by atoms with E-state index in [1.54, 1.807) is 0 Å². The van der Waals surface area contributed by atoms with Crippen LogP contribution in [0.25, 0.3) is 99.1 Å². The quantitative estimate of drug-likeness (QED) is 0.165. The highest BCUT2D eigenvalue weighted by Gasteiger charge is 2.17. The second kappa shape index (κ2) is 12.7. The Morgan fingerprint density at radius 3 is 1.58 bits per heavy atom. The number of rotatable bonds is 5. The molecule has 0 fully saturated rings. The van der Waals surface area contributed by atoms with E-state index < -0.39 is 0 Å². The van der Waals surface area contributed by atoms with Crippen molar-refractivity contribution in [2.24, 2.45) is 0 Å². The number of hydrogen-bond donors (Lipinski definition) is 0. The maximum Gasteiger partial charge on any atom is 0.0547 e. The van der Waals surface area contributed by atoms with E-state index >= 15 is 0 Å². The molecule has 0 spiro atoms. The SMILES string of the molecule is Brc1cccc(-c2cc(-c3ccc4c(c3)c3ccccc3n4-c3ccccc3)cc(-c3ccc4c5ccccc5n(-c5ccc6ccccc6c5)c4c3)c2)c1. The van der Waals surface area contributed by atoms with Gasteiger partial charge in [-0.05, 0) is 129 Å². The topological polar surface area (TPSA) is 9.86 Å². The van der Waals surface area contributed by atoms with E-state index in [1.807, 2.05) is 0 Å². The monoisotopic (exact) mass is 764 g/mol. The highest BCUT2D eigenvalue weighted by molar-refractivity contribution is 9.10. The van der Waals surface area contributed by atoms with E-state index in [2.05, 4.69) is 225 Å². The Balaban J connectivity index is 1.13. The zero-order valence-corrected chi connectivity index (χ0v) is 31.4. The minimum absolute atomic E-state index is 1.06. The molecule has 2 aromatic heterocycles. The van der Waals surface area contributed by atoms with Crippen molar-refractivity contribution in [3.05, 3.63) is 205 Å². The van der Waals surface area contributed by atoms with Gasteiger partial charge < -0.3 is 9.13 Å². The van der Waals surface area contributed by atoms with E-state index in [-0.39, 0.29) is 0 Å². The van der Waals surface area contributed by atoms with Crippen LogP contribution in [0.2, 0.25) is 0 Å². The first-order chi connectivity index (χ1) is 27.2. The normalized spacial score (nSPS) is 11.7. The predicted octanol–water partition coefficient (Wildman–Crippen LogP) is 14.8. The summed E-state index contributed by atoms with van der Waals surface area (Å²) < 4.78 is 5.87. The van der Waals surface area contributed by atoms with E-state index in [1.165, 1.54) is 87.8 Å². The molecule has 2 heterocycles. The molecule has 0 unspecified atom stereocenters. The van der Waals surface area contributed by atoms with E-state index in [0.717, 1.165) is 15.8 Å². The predicted molar refractivity (Wildman–Crippen MR) is 237 cm³/mol. The minimum atomic E-state index is 1.06. The molecular weight excluding hydrogens is 732 g/mol. The number of halogens is 1. The lowest BCUT2D eigenvalue weighted by atomic mass is 9.92. The van der Waals surface area contributed by atoms with Crippen molar-refractivity contribution in [3.63, 3.8) is 0 Å². The first kappa shape index (κ1) is 31.8. The second-order valence-corrected chi connectivity index (χ2v) is 15.3. The lowest BCUT2D eigenvalue weighted by Gasteiger charge is -2.13. The van der Waals surface area contributed by atoms with Crippen molar-refractivity contribution >= 4 is 70.3 Å². The van der Waals surface area contributed by atoms with Gasteiger partial charge in [-0.15, -0.1) is 0 Å². The number of benzene rings is 9. The molecular formula is C52H33BrN2. The Bertz CT molecular complexity index is 3280. The lowest BCUT2D eigenvalue weighted by Crippen LogP contribution is -1.94. The van der Waals surface area contributed by atoms with Gasteiger partial charge in [0.05, 0.1) is 22.1 Å². The fraction of sp³-hybridized carbons (Fsp3) is 0. The average molecular weight is 766 g/mol. The van der Waals surface area contributed by atoms with Gasteiger partial charge in [0.25, 0.3) is 0 Å². The van der Waals surface area contributed by atoms with Gasteiger partial charge in [0.2, 0.25) is 0 Å². The lowest BCUT2D eigenvalue weighted by molar-refractivity contribution is 1.18. The van der Waals surface area contributed by atoms with Crippen LogP contribution in [0.5, 0.6) is 0 Å². The first-order valence-corrected chi connectivity index (χ1v) is 19.5. The number of nitrogens with zero attached hydrogens (tertiary/aromatic N) is 2. The zero-order chi connectivity index (χ0) is 36.5. The molecule has 0 bridgehead atoms. The van der Waals surface area contributed by atoms with Crippen molar-refractivity contribution in [1.82, 2.24) is 9.13 Å². The third kappa shape index (κ3) is 5.31. The second-order valence-electron chi connectivity index (χ2n) is 14.3. The molecule has 2 nitrogen and oxygen atoms in total. The van der Waals surface area contributed by atoms with Crippen LogP contribution in [0.15, 0.2) is 205 Å². The van der Waals surface area contributed by atoms with Crippen molar-refractivity contribution in [3.8, 4) is 44.8 Å². The van der Waals surface area contributed by atoms with Crippen LogP contribution in [0.3, 0.4) is 0 Å². The van der Waals surface area contributed by atoms with Gasteiger partial charge in [0, 0.05) is 37.4 Å². The van der Waals surface area contributed by atoms with Gasteiger partial charge in [0.15, 0.2) is 0 Å². The third-order valence-corrected chi connectivity index (χ3v) is 11.6. The van der Waals surface area contributed by atoms with Crippen LogP contribution in [0.1, 0.15) is 0 Å². The average Bonchev–Trinajstić information content (AvgIpc) is 3.76. The van der Waals surface area contributed by atoms with E-state index in [9.17, 15) is 0 Å². The zero-order valence-electron chi connectivity index (χ0n) is 29.8. The highest BCUT2D eigenvalue weighted by atomic mass is 79.9. The van der Waals surface area contributed by atoms with Crippen molar-refractivity contribution in [2.45, 2.75) is 0 Å². The fourth-order valence-electron chi connectivity index (χ4n) is 8.55. The van der Waals surface area contributed by atoms with Gasteiger partial charge in [0.1, 0.15) is 0 Å². The Kier molecular flexibility index (Phi) is 7.36. The minimum Gasteiger partial charge on any atom is -0.309 e. The fourth-order valence-corrected chi connectivity index (χ4v) is 8.95. The van der Waals surface area contributed by atoms with Crippen LogP contribution in [0, 0.1) is 0 Å². The standard InChI is InChI=1S/C52H33BrN2/c53-42-14-10-13-35(30-42)39-27-40(37-23-26-51-48(32-37)46-18-7-9-20-50(46)54(51)43-15-2-1-3-16-43)29-41(28-39)38-22-25-47-45-17-6-8-19-49(45)55(52(47)33-38)44-24-21-34-11-4-5-12-36(34)31-44/h1-33H. The molecule has 0 atom stereocenters. The number of aromatic nitrogens is 2. The summed E-state index contributed by atoms with van der Waals surface area (Å²) in [6.07, 6.45) is 0. The van der Waals surface area contributed by atoms with E-state index in [4.69, 9.17) is 0 Å². The number of hydrogen-bond acceptors (Lipinski definition) is 0. The molecule has 11 aromatic rings. The van der Waals surface area contributed by atoms with E-state index in [0.29, 0.717) is 0 Å². The van der Waals surface area contributed by atoms with Crippen LogP contribution in [-0.4, -0.2) is 9.13 Å².